The molecule has 0 aliphatic carbocycles. The first-order valence-electron chi connectivity index (χ1n) is 8.49. The number of nitrogens with one attached hydrogen (secondary N) is 1. The number of para-hydroxylation sites is 1. The van der Waals surface area contributed by atoms with Crippen LogP contribution >= 0.6 is 0 Å². The lowest BCUT2D eigenvalue weighted by atomic mass is 10.2. The van der Waals surface area contributed by atoms with E-state index in [0.29, 0.717) is 23.6 Å². The second-order valence-electron chi connectivity index (χ2n) is 5.79. The molecule has 0 radical (unpaired) electrons. The lowest BCUT2D eigenvalue weighted by Crippen LogP contribution is -2.20. The normalized spacial score (nSPS) is 10.1. The predicted molar refractivity (Wildman–Crippen MR) is 103 cm³/mol. The fourth-order valence-electron chi connectivity index (χ4n) is 2.36. The van der Waals surface area contributed by atoms with E-state index in [0.717, 1.165) is 5.56 Å². The molecule has 0 aromatic heterocycles. The van der Waals surface area contributed by atoms with Gasteiger partial charge in [-0.05, 0) is 42.0 Å². The SMILES string of the molecule is O=C(COC(=O)c1ccc(OCc2ccccc2)cc1)Nc1ccccc1. The van der Waals surface area contributed by atoms with E-state index in [1.165, 1.54) is 0 Å². The summed E-state index contributed by atoms with van der Waals surface area (Å²) in [5.74, 6) is -0.303. The number of carbonyl (C=O) groups excluding carboxylic acids is 2. The summed E-state index contributed by atoms with van der Waals surface area (Å²) in [7, 11) is 0. The Morgan fingerprint density at radius 1 is 0.778 bits per heavy atom. The van der Waals surface area contributed by atoms with Gasteiger partial charge in [0.05, 0.1) is 5.56 Å². The van der Waals surface area contributed by atoms with E-state index < -0.39 is 11.9 Å². The van der Waals surface area contributed by atoms with Gasteiger partial charge >= 0.3 is 5.97 Å². The summed E-state index contributed by atoms with van der Waals surface area (Å²) in [6.07, 6.45) is 0. The van der Waals surface area contributed by atoms with Crippen LogP contribution in [-0.2, 0) is 16.1 Å². The van der Waals surface area contributed by atoms with Gasteiger partial charge < -0.3 is 14.8 Å². The Hall–Kier alpha value is -3.60. The van der Waals surface area contributed by atoms with Crippen molar-refractivity contribution in [2.24, 2.45) is 0 Å². The van der Waals surface area contributed by atoms with Crippen molar-refractivity contribution < 1.29 is 19.1 Å². The second kappa shape index (κ2) is 9.20. The molecule has 5 heteroatoms. The molecular formula is C22H19NO4. The first-order valence-corrected chi connectivity index (χ1v) is 8.49. The maximum Gasteiger partial charge on any atom is 0.338 e. The summed E-state index contributed by atoms with van der Waals surface area (Å²) in [4.78, 5) is 23.9. The van der Waals surface area contributed by atoms with Gasteiger partial charge in [-0.3, -0.25) is 4.79 Å². The third-order valence-electron chi connectivity index (χ3n) is 3.73. The number of esters is 1. The van der Waals surface area contributed by atoms with Crippen LogP contribution in [0.1, 0.15) is 15.9 Å². The van der Waals surface area contributed by atoms with E-state index in [2.05, 4.69) is 5.32 Å². The first kappa shape index (κ1) is 18.2. The molecule has 3 rings (SSSR count). The van der Waals surface area contributed by atoms with E-state index in [1.807, 2.05) is 48.5 Å². The molecule has 0 saturated heterocycles. The number of benzene rings is 3. The van der Waals surface area contributed by atoms with Crippen molar-refractivity contribution in [2.45, 2.75) is 6.61 Å². The topological polar surface area (TPSA) is 64.6 Å². The highest BCUT2D eigenvalue weighted by Gasteiger charge is 2.10. The molecular weight excluding hydrogens is 342 g/mol. The van der Waals surface area contributed by atoms with Crippen molar-refractivity contribution >= 4 is 17.6 Å². The summed E-state index contributed by atoms with van der Waals surface area (Å²) in [5.41, 5.74) is 2.07. The van der Waals surface area contributed by atoms with Crippen molar-refractivity contribution in [1.29, 1.82) is 0 Å². The molecule has 3 aromatic rings. The molecule has 136 valence electrons. The van der Waals surface area contributed by atoms with E-state index >= 15 is 0 Å². The molecule has 0 heterocycles. The average Bonchev–Trinajstić information content (AvgIpc) is 2.72. The lowest BCUT2D eigenvalue weighted by molar-refractivity contribution is -0.119. The van der Waals surface area contributed by atoms with Crippen LogP contribution in [0.5, 0.6) is 5.75 Å². The van der Waals surface area contributed by atoms with E-state index in [-0.39, 0.29) is 6.61 Å². The quantitative estimate of drug-likeness (QED) is 0.645. The number of anilines is 1. The maximum absolute atomic E-state index is 12.0. The Labute approximate surface area is 157 Å². The number of hydrogen-bond acceptors (Lipinski definition) is 4. The highest BCUT2D eigenvalue weighted by atomic mass is 16.5. The van der Waals surface area contributed by atoms with E-state index in [4.69, 9.17) is 9.47 Å². The van der Waals surface area contributed by atoms with Gasteiger partial charge in [0.15, 0.2) is 6.61 Å². The van der Waals surface area contributed by atoms with Crippen LogP contribution in [0.25, 0.3) is 0 Å². The van der Waals surface area contributed by atoms with Crippen molar-refractivity contribution in [2.75, 3.05) is 11.9 Å². The minimum atomic E-state index is -0.562. The second-order valence-corrected chi connectivity index (χ2v) is 5.79. The molecule has 0 fully saturated rings. The van der Waals surface area contributed by atoms with Gasteiger partial charge in [-0.1, -0.05) is 48.5 Å². The molecule has 27 heavy (non-hydrogen) atoms. The van der Waals surface area contributed by atoms with Crippen LogP contribution in [0, 0.1) is 0 Å². The number of ether oxygens (including phenoxy) is 2. The molecule has 0 spiro atoms. The van der Waals surface area contributed by atoms with Gasteiger partial charge in [-0.25, -0.2) is 4.79 Å². The molecule has 0 unspecified atom stereocenters. The van der Waals surface area contributed by atoms with Gasteiger partial charge in [0, 0.05) is 5.69 Å². The molecule has 5 nitrogen and oxygen atoms in total. The lowest BCUT2D eigenvalue weighted by Gasteiger charge is -2.08. The van der Waals surface area contributed by atoms with Crippen molar-refractivity contribution in [3.63, 3.8) is 0 Å². The minimum Gasteiger partial charge on any atom is -0.489 e. The van der Waals surface area contributed by atoms with Gasteiger partial charge in [0.1, 0.15) is 12.4 Å². The van der Waals surface area contributed by atoms with Crippen molar-refractivity contribution in [3.05, 3.63) is 96.1 Å². The van der Waals surface area contributed by atoms with E-state index in [9.17, 15) is 9.59 Å². The molecule has 3 aromatic carbocycles. The van der Waals surface area contributed by atoms with E-state index in [1.54, 1.807) is 36.4 Å². The van der Waals surface area contributed by atoms with Gasteiger partial charge in [0.2, 0.25) is 0 Å². The Bertz CT molecular complexity index is 877. The predicted octanol–water partition coefficient (Wildman–Crippen LogP) is 4.06. The average molecular weight is 361 g/mol. The highest BCUT2D eigenvalue weighted by Crippen LogP contribution is 2.15. The molecule has 1 N–H and O–H groups in total. The van der Waals surface area contributed by atoms with Crippen LogP contribution in [-0.4, -0.2) is 18.5 Å². The molecule has 0 aliphatic rings. The summed E-state index contributed by atoms with van der Waals surface area (Å²) in [6.45, 7) is 0.101. The zero-order valence-electron chi connectivity index (χ0n) is 14.6. The van der Waals surface area contributed by atoms with Crippen LogP contribution in [0.3, 0.4) is 0 Å². The van der Waals surface area contributed by atoms with Crippen LogP contribution in [0.2, 0.25) is 0 Å². The summed E-state index contributed by atoms with van der Waals surface area (Å²) < 4.78 is 10.7. The Morgan fingerprint density at radius 2 is 1.41 bits per heavy atom. The third kappa shape index (κ3) is 5.71. The minimum absolute atomic E-state index is 0.347. The smallest absolute Gasteiger partial charge is 0.338 e. The Balaban J connectivity index is 1.46. The fraction of sp³-hybridized carbons (Fsp3) is 0.0909. The van der Waals surface area contributed by atoms with Crippen LogP contribution in [0.4, 0.5) is 5.69 Å². The Kier molecular flexibility index (Phi) is 6.20. The summed E-state index contributed by atoms with van der Waals surface area (Å²) >= 11 is 0. The largest absolute Gasteiger partial charge is 0.489 e. The van der Waals surface area contributed by atoms with Crippen molar-refractivity contribution in [3.8, 4) is 5.75 Å². The number of carbonyl (C=O) groups is 2. The van der Waals surface area contributed by atoms with Gasteiger partial charge in [-0.2, -0.15) is 0 Å². The molecule has 0 atom stereocenters. The first-order chi connectivity index (χ1) is 13.2. The zero-order valence-corrected chi connectivity index (χ0v) is 14.6. The summed E-state index contributed by atoms with van der Waals surface area (Å²) in [5, 5.41) is 2.65. The molecule has 0 saturated carbocycles. The van der Waals surface area contributed by atoms with Crippen LogP contribution < -0.4 is 10.1 Å². The molecule has 0 aliphatic heterocycles. The number of hydrogen-bond donors (Lipinski definition) is 1. The standard InChI is InChI=1S/C22H19NO4/c24-21(23-19-9-5-2-6-10-19)16-27-22(25)18-11-13-20(14-12-18)26-15-17-7-3-1-4-8-17/h1-14H,15-16H2,(H,23,24). The third-order valence-corrected chi connectivity index (χ3v) is 3.73. The zero-order chi connectivity index (χ0) is 18.9. The van der Waals surface area contributed by atoms with Gasteiger partial charge in [-0.15, -0.1) is 0 Å². The highest BCUT2D eigenvalue weighted by molar-refractivity contribution is 5.95. The van der Waals surface area contributed by atoms with Gasteiger partial charge in [0.25, 0.3) is 5.91 Å². The maximum atomic E-state index is 12.0. The number of rotatable bonds is 7. The fourth-order valence-corrected chi connectivity index (χ4v) is 2.36. The van der Waals surface area contributed by atoms with Crippen molar-refractivity contribution in [1.82, 2.24) is 0 Å². The monoisotopic (exact) mass is 361 g/mol. The molecule has 1 amide bonds. The summed E-state index contributed by atoms with van der Waals surface area (Å²) in [6, 6.07) is 25.4. The van der Waals surface area contributed by atoms with Crippen LogP contribution in [0.15, 0.2) is 84.9 Å². The Morgan fingerprint density at radius 3 is 2.07 bits per heavy atom. The number of amides is 1. The molecule has 0 bridgehead atoms.